The van der Waals surface area contributed by atoms with Crippen LogP contribution in [0, 0.1) is 6.92 Å². The highest BCUT2D eigenvalue weighted by Crippen LogP contribution is 2.35. The summed E-state index contributed by atoms with van der Waals surface area (Å²) in [5.74, 6) is 1.71. The number of nitrogens with two attached hydrogens (primary N) is 1. The van der Waals surface area contributed by atoms with Gasteiger partial charge in [-0.3, -0.25) is 0 Å². The van der Waals surface area contributed by atoms with Crippen LogP contribution >= 0.6 is 0 Å². The van der Waals surface area contributed by atoms with Crippen molar-refractivity contribution in [2.45, 2.75) is 25.9 Å². The van der Waals surface area contributed by atoms with Crippen LogP contribution in [0.2, 0.25) is 0 Å². The molecule has 0 bridgehead atoms. The van der Waals surface area contributed by atoms with Crippen LogP contribution in [-0.2, 0) is 0 Å². The van der Waals surface area contributed by atoms with E-state index in [2.05, 4.69) is 4.90 Å². The molecule has 0 radical (unpaired) electrons. The molecule has 102 valence electrons. The number of hydrogen-bond donors (Lipinski definition) is 1. The third-order valence-corrected chi connectivity index (χ3v) is 3.12. The fourth-order valence-electron chi connectivity index (χ4n) is 2.34. The van der Waals surface area contributed by atoms with Crippen LogP contribution in [0.5, 0.6) is 11.5 Å². The average Bonchev–Trinajstić information content (AvgIpc) is 2.29. The van der Waals surface area contributed by atoms with Gasteiger partial charge in [0.25, 0.3) is 0 Å². The molecule has 0 aromatic heterocycles. The van der Waals surface area contributed by atoms with Crippen molar-refractivity contribution in [2.75, 3.05) is 28.3 Å². The number of aryl methyl sites for hydroxylation is 1. The summed E-state index contributed by atoms with van der Waals surface area (Å²) in [6, 6.07) is 4.10. The van der Waals surface area contributed by atoms with Crippen LogP contribution in [0.25, 0.3) is 0 Å². The Morgan fingerprint density at radius 3 is 2.06 bits per heavy atom. The van der Waals surface area contributed by atoms with Crippen LogP contribution in [0.1, 0.15) is 24.1 Å². The maximum Gasteiger partial charge on any atom is 0.124 e. The number of benzene rings is 1. The highest BCUT2D eigenvalue weighted by atomic mass is 16.5. The molecule has 0 saturated carbocycles. The van der Waals surface area contributed by atoms with Gasteiger partial charge in [0.05, 0.1) is 20.3 Å². The highest BCUT2D eigenvalue weighted by molar-refractivity contribution is 5.47. The zero-order valence-electron chi connectivity index (χ0n) is 12.2. The van der Waals surface area contributed by atoms with Gasteiger partial charge in [0.2, 0.25) is 0 Å². The summed E-state index contributed by atoms with van der Waals surface area (Å²) in [6.45, 7) is 4.00. The zero-order valence-corrected chi connectivity index (χ0v) is 12.2. The molecule has 4 heteroatoms. The normalized spacial score (nSPS) is 14.4. The Kier molecular flexibility index (Phi) is 4.99. The maximum atomic E-state index is 6.08. The highest BCUT2D eigenvalue weighted by Gasteiger charge is 2.23. The van der Waals surface area contributed by atoms with Gasteiger partial charge in [-0.25, -0.2) is 0 Å². The van der Waals surface area contributed by atoms with Crippen molar-refractivity contribution in [1.82, 2.24) is 4.90 Å². The number of nitrogens with zero attached hydrogens (tertiary/aromatic N) is 1. The number of methoxy groups -OCH3 is 2. The fourth-order valence-corrected chi connectivity index (χ4v) is 2.34. The molecule has 0 spiro atoms. The Hall–Kier alpha value is -1.26. The number of likely N-dealkylation sites (N-methyl/N-ethyl adjacent to an activating group) is 1. The Bertz CT molecular complexity index is 395. The lowest BCUT2D eigenvalue weighted by atomic mass is 9.97. The molecular weight excluding hydrogens is 228 g/mol. The molecule has 0 heterocycles. The first-order valence-electron chi connectivity index (χ1n) is 6.06. The number of rotatable bonds is 5. The minimum atomic E-state index is 0.00122. The van der Waals surface area contributed by atoms with Crippen LogP contribution in [-0.4, -0.2) is 39.3 Å². The summed E-state index contributed by atoms with van der Waals surface area (Å²) in [7, 11) is 7.38. The minimum absolute atomic E-state index is 0.00122. The van der Waals surface area contributed by atoms with Gasteiger partial charge < -0.3 is 20.1 Å². The van der Waals surface area contributed by atoms with E-state index in [9.17, 15) is 0 Å². The molecule has 1 aromatic rings. The molecular formula is C14H24N2O2. The van der Waals surface area contributed by atoms with Crippen molar-refractivity contribution >= 4 is 0 Å². The molecule has 0 aliphatic carbocycles. The number of ether oxygens (including phenoxy) is 2. The Balaban J connectivity index is 3.35. The van der Waals surface area contributed by atoms with Crippen molar-refractivity contribution in [3.05, 3.63) is 23.3 Å². The molecule has 0 amide bonds. The van der Waals surface area contributed by atoms with Gasteiger partial charge in [-0.1, -0.05) is 0 Å². The Labute approximate surface area is 110 Å². The van der Waals surface area contributed by atoms with Gasteiger partial charge in [-0.2, -0.15) is 0 Å². The van der Waals surface area contributed by atoms with Crippen molar-refractivity contribution in [1.29, 1.82) is 0 Å². The third kappa shape index (κ3) is 2.94. The van der Waals surface area contributed by atoms with E-state index in [4.69, 9.17) is 15.2 Å². The largest absolute Gasteiger partial charge is 0.496 e. The summed E-state index contributed by atoms with van der Waals surface area (Å²) in [5, 5.41) is 0. The summed E-state index contributed by atoms with van der Waals surface area (Å²) in [4.78, 5) is 2.09. The minimum Gasteiger partial charge on any atom is -0.496 e. The van der Waals surface area contributed by atoms with E-state index in [1.165, 1.54) is 0 Å². The van der Waals surface area contributed by atoms with E-state index in [0.29, 0.717) is 0 Å². The second kappa shape index (κ2) is 6.07. The average molecular weight is 252 g/mol. The van der Waals surface area contributed by atoms with Crippen LogP contribution < -0.4 is 15.2 Å². The first-order valence-corrected chi connectivity index (χ1v) is 6.06. The van der Waals surface area contributed by atoms with Gasteiger partial charge >= 0.3 is 0 Å². The van der Waals surface area contributed by atoms with E-state index >= 15 is 0 Å². The SMILES string of the molecule is COc1cc(C(C(C)N)N(C)C)c(OC)cc1C. The van der Waals surface area contributed by atoms with Crippen molar-refractivity contribution in [3.8, 4) is 11.5 Å². The topological polar surface area (TPSA) is 47.7 Å². The first-order chi connectivity index (χ1) is 8.42. The van der Waals surface area contributed by atoms with E-state index < -0.39 is 0 Å². The standard InChI is InChI=1S/C14H24N2O2/c1-9-7-13(18-6)11(8-12(9)17-5)14(10(2)15)16(3)4/h7-8,10,14H,15H2,1-6H3. The van der Waals surface area contributed by atoms with Gasteiger partial charge in [-0.05, 0) is 45.6 Å². The lowest BCUT2D eigenvalue weighted by Gasteiger charge is -2.30. The van der Waals surface area contributed by atoms with Gasteiger partial charge in [0.1, 0.15) is 11.5 Å². The first kappa shape index (κ1) is 14.8. The lowest BCUT2D eigenvalue weighted by Crippen LogP contribution is -2.35. The molecule has 2 N–H and O–H groups in total. The van der Waals surface area contributed by atoms with Crippen LogP contribution in [0.15, 0.2) is 12.1 Å². The molecule has 18 heavy (non-hydrogen) atoms. The van der Waals surface area contributed by atoms with E-state index in [1.807, 2.05) is 40.1 Å². The molecule has 0 saturated heterocycles. The molecule has 0 fully saturated rings. The molecule has 2 atom stereocenters. The molecule has 4 nitrogen and oxygen atoms in total. The number of hydrogen-bond acceptors (Lipinski definition) is 4. The third-order valence-electron chi connectivity index (χ3n) is 3.12. The van der Waals surface area contributed by atoms with Crippen molar-refractivity contribution in [2.24, 2.45) is 5.73 Å². The van der Waals surface area contributed by atoms with E-state index in [1.54, 1.807) is 14.2 Å². The monoisotopic (exact) mass is 252 g/mol. The quantitative estimate of drug-likeness (QED) is 0.870. The second-order valence-corrected chi connectivity index (χ2v) is 4.83. The molecule has 2 unspecified atom stereocenters. The van der Waals surface area contributed by atoms with Crippen molar-refractivity contribution in [3.63, 3.8) is 0 Å². The Morgan fingerprint density at radius 2 is 1.67 bits per heavy atom. The van der Waals surface area contributed by atoms with Crippen LogP contribution in [0.3, 0.4) is 0 Å². The summed E-state index contributed by atoms with van der Waals surface area (Å²) >= 11 is 0. The van der Waals surface area contributed by atoms with Gasteiger partial charge in [0, 0.05) is 11.6 Å². The Morgan fingerprint density at radius 1 is 1.11 bits per heavy atom. The van der Waals surface area contributed by atoms with Gasteiger partial charge in [0.15, 0.2) is 0 Å². The predicted molar refractivity (Wildman–Crippen MR) is 74.4 cm³/mol. The summed E-state index contributed by atoms with van der Waals surface area (Å²) in [5.41, 5.74) is 8.20. The van der Waals surface area contributed by atoms with Crippen LogP contribution in [0.4, 0.5) is 0 Å². The maximum absolute atomic E-state index is 6.08. The fraction of sp³-hybridized carbons (Fsp3) is 0.571. The lowest BCUT2D eigenvalue weighted by molar-refractivity contribution is 0.257. The molecule has 0 aliphatic heterocycles. The second-order valence-electron chi connectivity index (χ2n) is 4.83. The van der Waals surface area contributed by atoms with E-state index in [0.717, 1.165) is 22.6 Å². The smallest absolute Gasteiger partial charge is 0.124 e. The summed E-state index contributed by atoms with van der Waals surface area (Å²) in [6.07, 6.45) is 0. The summed E-state index contributed by atoms with van der Waals surface area (Å²) < 4.78 is 10.8. The molecule has 1 rings (SSSR count). The predicted octanol–water partition coefficient (Wildman–Crippen LogP) is 1.96. The zero-order chi connectivity index (χ0) is 13.9. The molecule has 1 aromatic carbocycles. The van der Waals surface area contributed by atoms with Crippen molar-refractivity contribution < 1.29 is 9.47 Å². The molecule has 0 aliphatic rings. The van der Waals surface area contributed by atoms with Gasteiger partial charge in [-0.15, -0.1) is 0 Å². The van der Waals surface area contributed by atoms with E-state index in [-0.39, 0.29) is 12.1 Å².